The molecule has 1 unspecified atom stereocenters. The molecule has 1 saturated carbocycles. The van der Waals surface area contributed by atoms with Gasteiger partial charge in [0, 0.05) is 0 Å². The second-order valence-corrected chi connectivity index (χ2v) is 3.93. The van der Waals surface area contributed by atoms with Crippen LogP contribution in [-0.4, -0.2) is 11.2 Å². The van der Waals surface area contributed by atoms with Crippen LogP contribution < -0.4 is 0 Å². The summed E-state index contributed by atoms with van der Waals surface area (Å²) in [5, 5.41) is 0. The molecular weight excluding hydrogens is 188 g/mol. The van der Waals surface area contributed by atoms with Gasteiger partial charge in [0.2, 0.25) is 0 Å². The van der Waals surface area contributed by atoms with E-state index in [0.29, 0.717) is 11.8 Å². The van der Waals surface area contributed by atoms with Crippen molar-refractivity contribution < 1.29 is 20.6 Å². The first kappa shape index (κ1) is 10.0. The quantitative estimate of drug-likeness (QED) is 0.617. The third kappa shape index (κ3) is 3.55. The van der Waals surface area contributed by atoms with Crippen molar-refractivity contribution in [3.8, 4) is 12.3 Å². The van der Waals surface area contributed by atoms with Crippen LogP contribution in [0.15, 0.2) is 0 Å². The Morgan fingerprint density at radius 3 is 2.92 bits per heavy atom. The molecule has 1 atom stereocenters. The third-order valence-corrected chi connectivity index (χ3v) is 2.69. The second kappa shape index (κ2) is 4.83. The minimum atomic E-state index is 0.331. The molecule has 1 nitrogen and oxygen atoms in total. The van der Waals surface area contributed by atoms with E-state index in [2.05, 4.69) is 21.8 Å². The van der Waals surface area contributed by atoms with E-state index in [-0.39, 0.29) is 0 Å². The van der Waals surface area contributed by atoms with Crippen LogP contribution in [0.5, 0.6) is 0 Å². The fourth-order valence-electron chi connectivity index (χ4n) is 0.857. The fraction of sp³-hybridized carbons (Fsp3) is 0.700. The Bertz CT molecular complexity index is 200. The summed E-state index contributed by atoms with van der Waals surface area (Å²) in [5.41, 5.74) is 0. The molecule has 12 heavy (non-hydrogen) atoms. The summed E-state index contributed by atoms with van der Waals surface area (Å²) >= 11 is 2.97. The predicted octanol–water partition coefficient (Wildman–Crippen LogP) is 1.75. The van der Waals surface area contributed by atoms with E-state index in [1.54, 1.807) is 0 Å². The van der Waals surface area contributed by atoms with Gasteiger partial charge >= 0.3 is 82.1 Å². The van der Waals surface area contributed by atoms with Gasteiger partial charge in [-0.2, -0.15) is 0 Å². The molecule has 0 aromatic rings. The van der Waals surface area contributed by atoms with Gasteiger partial charge in [-0.25, -0.2) is 0 Å². The SMILES string of the molecule is C#CC(C)CCO[C](=[Cr])C1CC1. The zero-order valence-corrected chi connectivity index (χ0v) is 8.65. The number of hydrogen-bond donors (Lipinski definition) is 0. The molecule has 0 aromatic heterocycles. The van der Waals surface area contributed by atoms with E-state index in [1.165, 1.54) is 12.8 Å². The van der Waals surface area contributed by atoms with Gasteiger partial charge in [-0.1, -0.05) is 0 Å². The van der Waals surface area contributed by atoms with Crippen molar-refractivity contribution in [2.75, 3.05) is 6.61 Å². The van der Waals surface area contributed by atoms with Crippen molar-refractivity contribution in [3.05, 3.63) is 0 Å². The molecular formula is C10H14CrO. The summed E-state index contributed by atoms with van der Waals surface area (Å²) < 4.78 is 6.59. The van der Waals surface area contributed by atoms with Crippen molar-refractivity contribution in [2.45, 2.75) is 26.2 Å². The zero-order valence-electron chi connectivity index (χ0n) is 7.38. The third-order valence-electron chi connectivity index (χ3n) is 1.99. The van der Waals surface area contributed by atoms with Crippen LogP contribution in [0.2, 0.25) is 0 Å². The standard InChI is InChI=1S/C10H14O.Cr/c1-3-9(2)6-7-11-8-10-4-5-10;/h1,9-10H,4-7H2,2H3;. The van der Waals surface area contributed by atoms with Crippen LogP contribution in [0.4, 0.5) is 0 Å². The zero-order chi connectivity index (χ0) is 8.97. The van der Waals surface area contributed by atoms with Crippen LogP contribution in [0.1, 0.15) is 26.2 Å². The molecule has 0 aromatic carbocycles. The van der Waals surface area contributed by atoms with Gasteiger partial charge in [-0.15, -0.1) is 0 Å². The first-order valence-electron chi connectivity index (χ1n) is 4.37. The summed E-state index contributed by atoms with van der Waals surface area (Å²) in [6.45, 7) is 2.80. The Balaban J connectivity index is 2.02. The Morgan fingerprint density at radius 1 is 1.75 bits per heavy atom. The average Bonchev–Trinajstić information content (AvgIpc) is 2.86. The molecule has 0 spiro atoms. The molecule has 0 saturated heterocycles. The van der Waals surface area contributed by atoms with Gasteiger partial charge in [0.25, 0.3) is 0 Å². The molecule has 0 heterocycles. The molecule has 1 aliphatic carbocycles. The number of ether oxygens (including phenoxy) is 1. The van der Waals surface area contributed by atoms with Gasteiger partial charge in [0.15, 0.2) is 0 Å². The molecule has 0 amide bonds. The normalized spacial score (nSPS) is 18.3. The maximum atomic E-state index is 5.50. The van der Waals surface area contributed by atoms with E-state index in [4.69, 9.17) is 11.2 Å². The van der Waals surface area contributed by atoms with Crippen LogP contribution in [-0.2, 0) is 20.6 Å². The Kier molecular flexibility index (Phi) is 4.03. The van der Waals surface area contributed by atoms with Gasteiger partial charge in [-0.05, 0) is 0 Å². The molecule has 1 fully saturated rings. The topological polar surface area (TPSA) is 9.23 Å². The van der Waals surface area contributed by atoms with Crippen molar-refractivity contribution in [1.82, 2.24) is 0 Å². The van der Waals surface area contributed by atoms with Gasteiger partial charge in [0.05, 0.1) is 0 Å². The van der Waals surface area contributed by atoms with Crippen molar-refractivity contribution in [2.24, 2.45) is 11.8 Å². The Hall–Kier alpha value is -0.0775. The Morgan fingerprint density at radius 2 is 2.42 bits per heavy atom. The molecule has 2 heteroatoms. The van der Waals surface area contributed by atoms with E-state index >= 15 is 0 Å². The summed E-state index contributed by atoms with van der Waals surface area (Å²) in [6.07, 6.45) is 8.76. The van der Waals surface area contributed by atoms with E-state index in [1.807, 2.05) is 6.92 Å². The molecule has 1 rings (SSSR count). The molecule has 0 radical (unpaired) electrons. The summed E-state index contributed by atoms with van der Waals surface area (Å²) in [4.78, 5) is 0. The van der Waals surface area contributed by atoms with Crippen LogP contribution in [0.3, 0.4) is 0 Å². The van der Waals surface area contributed by atoms with E-state index in [0.717, 1.165) is 17.6 Å². The molecule has 66 valence electrons. The van der Waals surface area contributed by atoms with Crippen molar-refractivity contribution >= 4 is 4.57 Å². The summed E-state index contributed by atoms with van der Waals surface area (Å²) in [5.74, 6) is 3.71. The number of rotatable bonds is 5. The molecule has 0 N–H and O–H groups in total. The Labute approximate surface area is 82.5 Å². The fourth-order valence-corrected chi connectivity index (χ4v) is 1.35. The summed E-state index contributed by atoms with van der Waals surface area (Å²) in [7, 11) is 0. The second-order valence-electron chi connectivity index (χ2n) is 3.30. The number of hydrogen-bond acceptors (Lipinski definition) is 1. The first-order valence-corrected chi connectivity index (χ1v) is 5.00. The van der Waals surface area contributed by atoms with Gasteiger partial charge in [0.1, 0.15) is 0 Å². The first-order chi connectivity index (χ1) is 5.74. The maximum absolute atomic E-state index is 5.50. The average molecular weight is 202 g/mol. The van der Waals surface area contributed by atoms with Crippen molar-refractivity contribution in [1.29, 1.82) is 0 Å². The van der Waals surface area contributed by atoms with E-state index < -0.39 is 0 Å². The van der Waals surface area contributed by atoms with E-state index in [9.17, 15) is 0 Å². The number of terminal acetylenes is 1. The van der Waals surface area contributed by atoms with Gasteiger partial charge in [-0.3, -0.25) is 0 Å². The van der Waals surface area contributed by atoms with Gasteiger partial charge < -0.3 is 0 Å². The molecule has 1 aliphatic rings. The summed E-state index contributed by atoms with van der Waals surface area (Å²) in [6, 6.07) is 0. The van der Waals surface area contributed by atoms with Crippen molar-refractivity contribution in [3.63, 3.8) is 0 Å². The predicted molar refractivity (Wildman–Crippen MR) is 46.3 cm³/mol. The van der Waals surface area contributed by atoms with Crippen LogP contribution in [0, 0.1) is 24.2 Å². The minimum absolute atomic E-state index is 0.331. The molecule has 0 bridgehead atoms. The molecule has 0 aliphatic heterocycles. The van der Waals surface area contributed by atoms with Crippen LogP contribution in [0.25, 0.3) is 0 Å². The van der Waals surface area contributed by atoms with Crippen LogP contribution >= 0.6 is 0 Å². The monoisotopic (exact) mass is 202 g/mol.